The van der Waals surface area contributed by atoms with Crippen LogP contribution in [0.3, 0.4) is 0 Å². The van der Waals surface area contributed by atoms with E-state index in [0.29, 0.717) is 0 Å². The second-order valence-corrected chi connectivity index (χ2v) is 7.14. The Labute approximate surface area is 133 Å². The summed E-state index contributed by atoms with van der Waals surface area (Å²) in [6, 6.07) is 0. The fourth-order valence-electron chi connectivity index (χ4n) is 4.65. The zero-order valence-electron chi connectivity index (χ0n) is 14.1. The van der Waals surface area contributed by atoms with E-state index in [0.717, 1.165) is 25.7 Å². The molecule has 2 saturated carbocycles. The molecule has 6 atom stereocenters. The summed E-state index contributed by atoms with van der Waals surface area (Å²) in [4.78, 5) is 13.0. The normalized spacial score (nSPS) is 42.2. The third-order valence-corrected chi connectivity index (χ3v) is 6.32. The van der Waals surface area contributed by atoms with Crippen molar-refractivity contribution in [2.24, 2.45) is 23.2 Å². The number of hydrogen-bond donors (Lipinski definition) is 2. The topological polar surface area (TPSA) is 76.0 Å². The lowest BCUT2D eigenvalue weighted by molar-refractivity contribution is -0.185. The van der Waals surface area contributed by atoms with Gasteiger partial charge in [0.05, 0.1) is 18.6 Å². The van der Waals surface area contributed by atoms with Gasteiger partial charge in [0.1, 0.15) is 5.78 Å². The SMILES string of the molecule is COC(CC(=O)[C@]1(C)[C@H](C)C(O)C(O)[C@@H]2CCCC[C@H]21)OC. The van der Waals surface area contributed by atoms with Gasteiger partial charge in [0.2, 0.25) is 0 Å². The van der Waals surface area contributed by atoms with Crippen LogP contribution in [0.15, 0.2) is 0 Å². The minimum atomic E-state index is -0.850. The first kappa shape index (κ1) is 17.9. The molecular weight excluding hydrogens is 284 g/mol. The Morgan fingerprint density at radius 2 is 1.77 bits per heavy atom. The standard InChI is InChI=1S/C17H30O5/c1-10-15(19)16(20)11-7-5-6-8-12(11)17(10,2)13(18)9-14(21-3)22-4/h10-12,14-16,19-20H,5-9H2,1-4H3/t10-,11-,12-,15?,16?,17-/m1/s1. The number of carbonyl (C=O) groups excluding carboxylic acids is 1. The lowest BCUT2D eigenvalue weighted by atomic mass is 9.50. The first-order valence-corrected chi connectivity index (χ1v) is 8.32. The molecular formula is C17H30O5. The summed E-state index contributed by atoms with van der Waals surface area (Å²) >= 11 is 0. The van der Waals surface area contributed by atoms with Crippen molar-refractivity contribution in [2.45, 2.75) is 64.4 Å². The average molecular weight is 314 g/mol. The van der Waals surface area contributed by atoms with E-state index < -0.39 is 23.9 Å². The zero-order chi connectivity index (χ0) is 16.5. The van der Waals surface area contributed by atoms with Gasteiger partial charge in [0, 0.05) is 19.6 Å². The van der Waals surface area contributed by atoms with E-state index in [-0.39, 0.29) is 30.0 Å². The molecule has 2 aliphatic rings. The van der Waals surface area contributed by atoms with Crippen molar-refractivity contribution in [3.8, 4) is 0 Å². The van der Waals surface area contributed by atoms with Gasteiger partial charge in [0.25, 0.3) is 0 Å². The number of fused-ring (bicyclic) bond motifs is 1. The predicted molar refractivity (Wildman–Crippen MR) is 82.2 cm³/mol. The first-order chi connectivity index (χ1) is 10.4. The van der Waals surface area contributed by atoms with Crippen LogP contribution in [0.4, 0.5) is 0 Å². The van der Waals surface area contributed by atoms with E-state index in [4.69, 9.17) is 9.47 Å². The molecule has 0 aromatic heterocycles. The number of ketones is 1. The minimum absolute atomic E-state index is 0.0115. The Hall–Kier alpha value is -0.490. The Kier molecular flexibility index (Phi) is 5.64. The molecule has 0 bridgehead atoms. The van der Waals surface area contributed by atoms with Gasteiger partial charge in [-0.2, -0.15) is 0 Å². The molecule has 2 rings (SSSR count). The largest absolute Gasteiger partial charge is 0.390 e. The van der Waals surface area contributed by atoms with Gasteiger partial charge in [-0.1, -0.05) is 26.7 Å². The highest BCUT2D eigenvalue weighted by molar-refractivity contribution is 5.85. The number of methoxy groups -OCH3 is 2. The van der Waals surface area contributed by atoms with Crippen LogP contribution in [0.5, 0.6) is 0 Å². The van der Waals surface area contributed by atoms with Gasteiger partial charge >= 0.3 is 0 Å². The second kappa shape index (κ2) is 6.95. The van der Waals surface area contributed by atoms with Crippen molar-refractivity contribution in [1.29, 1.82) is 0 Å². The highest BCUT2D eigenvalue weighted by Crippen LogP contribution is 2.54. The molecule has 0 heterocycles. The van der Waals surface area contributed by atoms with Gasteiger partial charge in [-0.05, 0) is 30.6 Å². The van der Waals surface area contributed by atoms with Crippen LogP contribution in [0.25, 0.3) is 0 Å². The van der Waals surface area contributed by atoms with Gasteiger partial charge in [-0.25, -0.2) is 0 Å². The monoisotopic (exact) mass is 314 g/mol. The number of rotatable bonds is 5. The summed E-state index contributed by atoms with van der Waals surface area (Å²) in [5, 5.41) is 20.9. The molecule has 2 N–H and O–H groups in total. The number of aliphatic hydroxyl groups excluding tert-OH is 2. The molecule has 0 aromatic rings. The first-order valence-electron chi connectivity index (χ1n) is 8.32. The highest BCUT2D eigenvalue weighted by Gasteiger charge is 2.57. The van der Waals surface area contributed by atoms with Crippen LogP contribution < -0.4 is 0 Å². The van der Waals surface area contributed by atoms with E-state index in [1.807, 2.05) is 13.8 Å². The van der Waals surface area contributed by atoms with E-state index >= 15 is 0 Å². The number of Topliss-reactive ketones (excluding diaryl/α,β-unsaturated/α-hetero) is 1. The Balaban J connectivity index is 2.29. The smallest absolute Gasteiger partial charge is 0.163 e. The van der Waals surface area contributed by atoms with E-state index in [9.17, 15) is 15.0 Å². The van der Waals surface area contributed by atoms with Gasteiger partial charge < -0.3 is 19.7 Å². The van der Waals surface area contributed by atoms with Crippen LogP contribution in [0, 0.1) is 23.2 Å². The van der Waals surface area contributed by atoms with Gasteiger partial charge in [-0.15, -0.1) is 0 Å². The molecule has 2 unspecified atom stereocenters. The summed E-state index contributed by atoms with van der Waals surface area (Å²) < 4.78 is 10.3. The van der Waals surface area contributed by atoms with Crippen LogP contribution >= 0.6 is 0 Å². The molecule has 2 aliphatic carbocycles. The molecule has 0 radical (unpaired) electrons. The van der Waals surface area contributed by atoms with Crippen molar-refractivity contribution in [3.63, 3.8) is 0 Å². The lowest BCUT2D eigenvalue weighted by Crippen LogP contribution is -2.60. The van der Waals surface area contributed by atoms with Crippen molar-refractivity contribution in [2.75, 3.05) is 14.2 Å². The van der Waals surface area contributed by atoms with Crippen molar-refractivity contribution in [3.05, 3.63) is 0 Å². The highest BCUT2D eigenvalue weighted by atomic mass is 16.7. The quantitative estimate of drug-likeness (QED) is 0.756. The zero-order valence-corrected chi connectivity index (χ0v) is 14.1. The predicted octanol–water partition coefficient (Wildman–Crippen LogP) is 1.75. The van der Waals surface area contributed by atoms with E-state index in [1.54, 1.807) is 0 Å². The number of ether oxygens (including phenoxy) is 2. The minimum Gasteiger partial charge on any atom is -0.390 e. The second-order valence-electron chi connectivity index (χ2n) is 7.14. The molecule has 0 spiro atoms. The Morgan fingerprint density at radius 1 is 1.18 bits per heavy atom. The summed E-state index contributed by atoms with van der Waals surface area (Å²) in [6.45, 7) is 3.84. The van der Waals surface area contributed by atoms with E-state index in [1.165, 1.54) is 14.2 Å². The number of hydrogen-bond acceptors (Lipinski definition) is 5. The van der Waals surface area contributed by atoms with Crippen LogP contribution in [-0.4, -0.2) is 48.7 Å². The fraction of sp³-hybridized carbons (Fsp3) is 0.941. The molecule has 0 saturated heterocycles. The summed E-state index contributed by atoms with van der Waals surface area (Å²) in [6.07, 6.45) is 2.02. The Morgan fingerprint density at radius 3 is 2.36 bits per heavy atom. The molecule has 128 valence electrons. The molecule has 2 fully saturated rings. The third-order valence-electron chi connectivity index (χ3n) is 6.32. The van der Waals surface area contributed by atoms with E-state index in [2.05, 4.69) is 0 Å². The molecule has 5 nitrogen and oxygen atoms in total. The molecule has 0 amide bonds. The van der Waals surface area contributed by atoms with Gasteiger partial charge in [-0.3, -0.25) is 4.79 Å². The number of carbonyl (C=O) groups is 1. The fourth-order valence-corrected chi connectivity index (χ4v) is 4.65. The maximum absolute atomic E-state index is 13.0. The maximum atomic E-state index is 13.0. The number of aliphatic hydroxyl groups is 2. The Bertz CT molecular complexity index is 395. The lowest BCUT2D eigenvalue weighted by Gasteiger charge is -2.55. The van der Waals surface area contributed by atoms with Crippen molar-refractivity contribution in [1.82, 2.24) is 0 Å². The molecule has 0 aromatic carbocycles. The molecule has 22 heavy (non-hydrogen) atoms. The summed E-state index contributed by atoms with van der Waals surface area (Å²) in [5.74, 6) is -0.0748. The third kappa shape index (κ3) is 2.84. The van der Waals surface area contributed by atoms with Crippen molar-refractivity contribution < 1.29 is 24.5 Å². The molecule has 5 heteroatoms. The van der Waals surface area contributed by atoms with Crippen LogP contribution in [-0.2, 0) is 14.3 Å². The maximum Gasteiger partial charge on any atom is 0.163 e. The average Bonchev–Trinajstić information content (AvgIpc) is 2.55. The van der Waals surface area contributed by atoms with Crippen LogP contribution in [0.2, 0.25) is 0 Å². The molecule has 0 aliphatic heterocycles. The van der Waals surface area contributed by atoms with Gasteiger partial charge in [0.15, 0.2) is 6.29 Å². The summed E-state index contributed by atoms with van der Waals surface area (Å²) in [7, 11) is 3.05. The van der Waals surface area contributed by atoms with Crippen molar-refractivity contribution >= 4 is 5.78 Å². The summed E-state index contributed by atoms with van der Waals surface area (Å²) in [5.41, 5.74) is -0.640. The van der Waals surface area contributed by atoms with Crippen LogP contribution in [0.1, 0.15) is 46.0 Å².